The summed E-state index contributed by atoms with van der Waals surface area (Å²) >= 11 is 0. The number of amides is 2. The van der Waals surface area contributed by atoms with Crippen molar-refractivity contribution in [1.82, 2.24) is 15.1 Å². The van der Waals surface area contributed by atoms with Crippen LogP contribution in [0.15, 0.2) is 36.5 Å². The molecule has 3 heterocycles. The van der Waals surface area contributed by atoms with Crippen LogP contribution in [-0.2, 0) is 29.1 Å². The Kier molecular flexibility index (Phi) is 4.26. The number of benzene rings is 1. The zero-order chi connectivity index (χ0) is 17.2. The molecule has 1 aromatic carbocycles. The van der Waals surface area contributed by atoms with Gasteiger partial charge in [0.15, 0.2) is 0 Å². The molecule has 1 saturated heterocycles. The molecule has 2 amide bonds. The molecule has 1 fully saturated rings. The Balaban J connectivity index is 1.32. The lowest BCUT2D eigenvalue weighted by Gasteiger charge is -2.22. The molecule has 4 rings (SSSR count). The van der Waals surface area contributed by atoms with Gasteiger partial charge in [-0.1, -0.05) is 12.1 Å². The van der Waals surface area contributed by atoms with Gasteiger partial charge in [-0.15, -0.1) is 0 Å². The Morgan fingerprint density at radius 3 is 2.80 bits per heavy atom. The molecule has 0 bridgehead atoms. The van der Waals surface area contributed by atoms with Crippen LogP contribution in [-0.4, -0.2) is 28.1 Å². The van der Waals surface area contributed by atoms with Gasteiger partial charge >= 0.3 is 0 Å². The maximum absolute atomic E-state index is 12.4. The van der Waals surface area contributed by atoms with Gasteiger partial charge in [0.05, 0.1) is 0 Å². The fourth-order valence-corrected chi connectivity index (χ4v) is 3.64. The molecule has 0 radical (unpaired) electrons. The van der Waals surface area contributed by atoms with E-state index < -0.39 is 0 Å². The van der Waals surface area contributed by atoms with Gasteiger partial charge in [0.2, 0.25) is 11.8 Å². The molecular formula is C19H22N4O2. The summed E-state index contributed by atoms with van der Waals surface area (Å²) in [7, 11) is 0. The predicted molar refractivity (Wildman–Crippen MR) is 93.9 cm³/mol. The number of nitrogens with zero attached hydrogens (tertiary/aromatic N) is 3. The van der Waals surface area contributed by atoms with Gasteiger partial charge in [-0.25, -0.2) is 0 Å². The number of carbonyl (C=O) groups excluding carboxylic acids is 2. The van der Waals surface area contributed by atoms with Crippen molar-refractivity contribution in [3.05, 3.63) is 47.8 Å². The van der Waals surface area contributed by atoms with E-state index in [1.165, 1.54) is 0 Å². The second kappa shape index (κ2) is 6.70. The van der Waals surface area contributed by atoms with Crippen LogP contribution < -0.4 is 10.2 Å². The molecule has 0 saturated carbocycles. The molecule has 6 nitrogen and oxygen atoms in total. The Hall–Kier alpha value is -2.63. The SMILES string of the molecule is O=C(NCc1ccc(N2CCCC2=O)cc1)C1CCn2nccc2C1. The van der Waals surface area contributed by atoms with Gasteiger partial charge in [-0.05, 0) is 36.6 Å². The van der Waals surface area contributed by atoms with Crippen LogP contribution in [0, 0.1) is 5.92 Å². The van der Waals surface area contributed by atoms with Crippen molar-refractivity contribution < 1.29 is 9.59 Å². The molecule has 2 aromatic rings. The lowest BCUT2D eigenvalue weighted by atomic mass is 9.95. The quantitative estimate of drug-likeness (QED) is 0.926. The van der Waals surface area contributed by atoms with E-state index >= 15 is 0 Å². The minimum atomic E-state index is 0.0192. The van der Waals surface area contributed by atoms with Crippen LogP contribution in [0.5, 0.6) is 0 Å². The highest BCUT2D eigenvalue weighted by Gasteiger charge is 2.25. The third-order valence-electron chi connectivity index (χ3n) is 5.11. The average molecular weight is 338 g/mol. The maximum atomic E-state index is 12.4. The van der Waals surface area contributed by atoms with Crippen molar-refractivity contribution in [2.45, 2.75) is 38.8 Å². The molecule has 25 heavy (non-hydrogen) atoms. The summed E-state index contributed by atoms with van der Waals surface area (Å²) < 4.78 is 1.97. The van der Waals surface area contributed by atoms with Crippen molar-refractivity contribution in [3.63, 3.8) is 0 Å². The number of rotatable bonds is 4. The van der Waals surface area contributed by atoms with Crippen molar-refractivity contribution in [3.8, 4) is 0 Å². The van der Waals surface area contributed by atoms with Crippen LogP contribution in [0.4, 0.5) is 5.69 Å². The zero-order valence-electron chi connectivity index (χ0n) is 14.1. The second-order valence-corrected chi connectivity index (χ2v) is 6.77. The molecule has 1 aromatic heterocycles. The van der Waals surface area contributed by atoms with Gasteiger partial charge in [-0.2, -0.15) is 5.10 Å². The van der Waals surface area contributed by atoms with Crippen LogP contribution in [0.1, 0.15) is 30.5 Å². The molecule has 2 aliphatic rings. The first-order chi connectivity index (χ1) is 12.2. The number of hydrogen-bond donors (Lipinski definition) is 1. The van der Waals surface area contributed by atoms with Crippen molar-refractivity contribution in [1.29, 1.82) is 0 Å². The van der Waals surface area contributed by atoms with E-state index in [9.17, 15) is 9.59 Å². The summed E-state index contributed by atoms with van der Waals surface area (Å²) in [4.78, 5) is 26.0. The molecular weight excluding hydrogens is 316 g/mol. The highest BCUT2D eigenvalue weighted by atomic mass is 16.2. The van der Waals surface area contributed by atoms with E-state index in [4.69, 9.17) is 0 Å². The predicted octanol–water partition coefficient (Wildman–Crippen LogP) is 1.89. The van der Waals surface area contributed by atoms with Crippen molar-refractivity contribution in [2.24, 2.45) is 5.92 Å². The van der Waals surface area contributed by atoms with E-state index in [0.29, 0.717) is 13.0 Å². The molecule has 1 N–H and O–H groups in total. The van der Waals surface area contributed by atoms with Gasteiger partial charge < -0.3 is 10.2 Å². The summed E-state index contributed by atoms with van der Waals surface area (Å²) in [6.07, 6.45) is 4.94. The van der Waals surface area contributed by atoms with E-state index in [2.05, 4.69) is 10.4 Å². The van der Waals surface area contributed by atoms with E-state index in [1.54, 1.807) is 6.20 Å². The number of fused-ring (bicyclic) bond motifs is 1. The first-order valence-electron chi connectivity index (χ1n) is 8.88. The number of carbonyl (C=O) groups is 2. The number of hydrogen-bond acceptors (Lipinski definition) is 3. The van der Waals surface area contributed by atoms with Gasteiger partial charge in [0, 0.05) is 56.0 Å². The lowest BCUT2D eigenvalue weighted by Crippen LogP contribution is -2.35. The largest absolute Gasteiger partial charge is 0.352 e. The molecule has 0 aliphatic carbocycles. The fourth-order valence-electron chi connectivity index (χ4n) is 3.64. The Labute approximate surface area is 146 Å². The smallest absolute Gasteiger partial charge is 0.227 e. The summed E-state index contributed by atoms with van der Waals surface area (Å²) in [5.74, 6) is 0.314. The highest BCUT2D eigenvalue weighted by Crippen LogP contribution is 2.22. The van der Waals surface area contributed by atoms with Gasteiger partial charge in [-0.3, -0.25) is 14.3 Å². The first kappa shape index (κ1) is 15.9. The van der Waals surface area contributed by atoms with Crippen molar-refractivity contribution >= 4 is 17.5 Å². The zero-order valence-corrected chi connectivity index (χ0v) is 14.1. The summed E-state index contributed by atoms with van der Waals surface area (Å²) in [6, 6.07) is 9.87. The summed E-state index contributed by atoms with van der Waals surface area (Å²) in [5.41, 5.74) is 3.12. The minimum Gasteiger partial charge on any atom is -0.352 e. The van der Waals surface area contributed by atoms with E-state index in [-0.39, 0.29) is 17.7 Å². The van der Waals surface area contributed by atoms with Crippen LogP contribution in [0.25, 0.3) is 0 Å². The number of nitrogens with one attached hydrogen (secondary N) is 1. The van der Waals surface area contributed by atoms with Crippen LogP contribution >= 0.6 is 0 Å². The summed E-state index contributed by atoms with van der Waals surface area (Å²) in [5, 5.41) is 7.29. The topological polar surface area (TPSA) is 67.2 Å². The van der Waals surface area contributed by atoms with Crippen LogP contribution in [0.2, 0.25) is 0 Å². The summed E-state index contributed by atoms with van der Waals surface area (Å²) in [6.45, 7) is 2.12. The minimum absolute atomic E-state index is 0.0192. The maximum Gasteiger partial charge on any atom is 0.227 e. The highest BCUT2D eigenvalue weighted by molar-refractivity contribution is 5.95. The van der Waals surface area contributed by atoms with E-state index in [1.807, 2.05) is 39.9 Å². The molecule has 130 valence electrons. The lowest BCUT2D eigenvalue weighted by molar-refractivity contribution is -0.125. The molecule has 6 heteroatoms. The van der Waals surface area contributed by atoms with Gasteiger partial charge in [0.25, 0.3) is 0 Å². The van der Waals surface area contributed by atoms with Crippen LogP contribution in [0.3, 0.4) is 0 Å². The van der Waals surface area contributed by atoms with E-state index in [0.717, 1.165) is 49.3 Å². The number of anilines is 1. The van der Waals surface area contributed by atoms with Gasteiger partial charge in [0.1, 0.15) is 0 Å². The Morgan fingerprint density at radius 1 is 1.20 bits per heavy atom. The fraction of sp³-hybridized carbons (Fsp3) is 0.421. The standard InChI is InChI=1S/C19H22N4O2/c24-18-2-1-10-22(18)16-5-3-14(4-6-16)13-20-19(25)15-8-11-23-17(12-15)7-9-21-23/h3-7,9,15H,1-2,8,10-13H2,(H,20,25). The van der Waals surface area contributed by atoms with Crippen molar-refractivity contribution in [2.75, 3.05) is 11.4 Å². The average Bonchev–Trinajstić information content (AvgIpc) is 3.28. The number of aromatic nitrogens is 2. The molecule has 2 aliphatic heterocycles. The Bertz CT molecular complexity index is 781. The third-order valence-corrected chi connectivity index (χ3v) is 5.11. The Morgan fingerprint density at radius 2 is 2.04 bits per heavy atom. The second-order valence-electron chi connectivity index (χ2n) is 6.77. The molecule has 1 atom stereocenters. The number of aryl methyl sites for hydroxylation is 1. The third kappa shape index (κ3) is 3.29. The monoisotopic (exact) mass is 338 g/mol. The normalized spacial score (nSPS) is 19.8. The first-order valence-corrected chi connectivity index (χ1v) is 8.88. The molecule has 0 spiro atoms. The molecule has 1 unspecified atom stereocenters.